The van der Waals surface area contributed by atoms with Gasteiger partial charge in [0, 0.05) is 17.9 Å². The lowest BCUT2D eigenvalue weighted by Gasteiger charge is -2.21. The van der Waals surface area contributed by atoms with Crippen molar-refractivity contribution in [3.8, 4) is 0 Å². The van der Waals surface area contributed by atoms with Crippen molar-refractivity contribution in [1.82, 2.24) is 10.3 Å². The van der Waals surface area contributed by atoms with Crippen LogP contribution in [0.1, 0.15) is 54.2 Å². The van der Waals surface area contributed by atoms with Crippen molar-refractivity contribution in [2.45, 2.75) is 45.1 Å². The van der Waals surface area contributed by atoms with E-state index in [1.165, 1.54) is 34.8 Å². The van der Waals surface area contributed by atoms with Crippen LogP contribution in [0.3, 0.4) is 0 Å². The minimum absolute atomic E-state index is 0.415. The summed E-state index contributed by atoms with van der Waals surface area (Å²) in [5, 5.41) is 4.78. The summed E-state index contributed by atoms with van der Waals surface area (Å²) in [5.41, 5.74) is 1.31. The molecular weight excluding hydrogens is 232 g/mol. The SMILES string of the molecule is CCNC1CCCc2sc(C(C)COC)nc21. The van der Waals surface area contributed by atoms with Crippen molar-refractivity contribution in [2.75, 3.05) is 20.3 Å². The number of hydrogen-bond donors (Lipinski definition) is 1. The number of nitrogens with zero attached hydrogens (tertiary/aromatic N) is 1. The topological polar surface area (TPSA) is 34.1 Å². The molecule has 0 aliphatic heterocycles. The van der Waals surface area contributed by atoms with Gasteiger partial charge in [-0.15, -0.1) is 11.3 Å². The Balaban J connectivity index is 2.18. The van der Waals surface area contributed by atoms with Crippen molar-refractivity contribution in [2.24, 2.45) is 0 Å². The predicted molar refractivity (Wildman–Crippen MR) is 71.8 cm³/mol. The molecule has 2 atom stereocenters. The lowest BCUT2D eigenvalue weighted by atomic mass is 9.97. The summed E-state index contributed by atoms with van der Waals surface area (Å²) in [7, 11) is 1.76. The number of nitrogens with one attached hydrogen (secondary N) is 1. The third-order valence-electron chi connectivity index (χ3n) is 3.26. The minimum Gasteiger partial charge on any atom is -0.384 e. The summed E-state index contributed by atoms with van der Waals surface area (Å²) in [5.74, 6) is 0.415. The molecule has 2 unspecified atom stereocenters. The van der Waals surface area contributed by atoms with Gasteiger partial charge < -0.3 is 10.1 Å². The molecular formula is C13H22N2OS. The number of fused-ring (bicyclic) bond motifs is 1. The fourth-order valence-electron chi connectivity index (χ4n) is 2.41. The zero-order chi connectivity index (χ0) is 12.3. The molecule has 1 N–H and O–H groups in total. The van der Waals surface area contributed by atoms with Gasteiger partial charge in [-0.25, -0.2) is 4.98 Å². The van der Waals surface area contributed by atoms with Crippen LogP contribution in [0.15, 0.2) is 0 Å². The summed E-state index contributed by atoms with van der Waals surface area (Å²) in [6, 6.07) is 0.475. The van der Waals surface area contributed by atoms with Crippen LogP contribution in [0.5, 0.6) is 0 Å². The fourth-order valence-corrected chi connectivity index (χ4v) is 3.62. The normalized spacial score (nSPS) is 21.2. The highest BCUT2D eigenvalue weighted by atomic mass is 32.1. The van der Waals surface area contributed by atoms with Gasteiger partial charge >= 0.3 is 0 Å². The molecule has 1 aliphatic rings. The molecule has 0 fully saturated rings. The minimum atomic E-state index is 0.415. The van der Waals surface area contributed by atoms with E-state index in [-0.39, 0.29) is 0 Å². The van der Waals surface area contributed by atoms with Gasteiger partial charge in [0.25, 0.3) is 0 Å². The zero-order valence-corrected chi connectivity index (χ0v) is 11.8. The number of hydrogen-bond acceptors (Lipinski definition) is 4. The second-order valence-electron chi connectivity index (χ2n) is 4.72. The Morgan fingerprint density at radius 2 is 2.41 bits per heavy atom. The smallest absolute Gasteiger partial charge is 0.0983 e. The molecule has 0 saturated heterocycles. The lowest BCUT2D eigenvalue weighted by Crippen LogP contribution is -2.24. The third kappa shape index (κ3) is 2.87. The van der Waals surface area contributed by atoms with E-state index in [2.05, 4.69) is 19.2 Å². The van der Waals surface area contributed by atoms with E-state index in [0.29, 0.717) is 12.0 Å². The Bertz CT molecular complexity index is 364. The molecule has 0 radical (unpaired) electrons. The van der Waals surface area contributed by atoms with Crippen molar-refractivity contribution in [3.63, 3.8) is 0 Å². The molecule has 1 aliphatic carbocycles. The van der Waals surface area contributed by atoms with Gasteiger partial charge in [0.1, 0.15) is 0 Å². The highest BCUT2D eigenvalue weighted by Gasteiger charge is 2.25. The molecule has 17 heavy (non-hydrogen) atoms. The van der Waals surface area contributed by atoms with Crippen LogP contribution in [0.2, 0.25) is 0 Å². The Morgan fingerprint density at radius 1 is 1.59 bits per heavy atom. The molecule has 0 amide bonds. The number of aryl methyl sites for hydroxylation is 1. The Labute approximate surface area is 108 Å². The average molecular weight is 254 g/mol. The molecule has 1 aromatic heterocycles. The van der Waals surface area contributed by atoms with Gasteiger partial charge in [0.05, 0.1) is 23.4 Å². The molecule has 0 spiro atoms. The molecule has 1 aromatic rings. The highest BCUT2D eigenvalue weighted by Crippen LogP contribution is 2.35. The van der Waals surface area contributed by atoms with E-state index in [1.807, 2.05) is 11.3 Å². The lowest BCUT2D eigenvalue weighted by molar-refractivity contribution is 0.184. The monoisotopic (exact) mass is 254 g/mol. The summed E-state index contributed by atoms with van der Waals surface area (Å²) >= 11 is 1.88. The van der Waals surface area contributed by atoms with Crippen molar-refractivity contribution in [1.29, 1.82) is 0 Å². The molecule has 1 heterocycles. The van der Waals surface area contributed by atoms with E-state index < -0.39 is 0 Å². The van der Waals surface area contributed by atoms with Crippen LogP contribution >= 0.6 is 11.3 Å². The summed E-state index contributed by atoms with van der Waals surface area (Å²) < 4.78 is 5.22. The molecule has 96 valence electrons. The van der Waals surface area contributed by atoms with E-state index in [9.17, 15) is 0 Å². The highest BCUT2D eigenvalue weighted by molar-refractivity contribution is 7.11. The first-order chi connectivity index (χ1) is 8.26. The van der Waals surface area contributed by atoms with Gasteiger partial charge in [-0.05, 0) is 25.8 Å². The van der Waals surface area contributed by atoms with Gasteiger partial charge in [0.15, 0.2) is 0 Å². The molecule has 0 aromatic carbocycles. The van der Waals surface area contributed by atoms with E-state index in [4.69, 9.17) is 9.72 Å². The number of methoxy groups -OCH3 is 1. The zero-order valence-electron chi connectivity index (χ0n) is 11.0. The number of ether oxygens (including phenoxy) is 1. The summed E-state index contributed by atoms with van der Waals surface area (Å²) in [4.78, 5) is 6.33. The third-order valence-corrected chi connectivity index (χ3v) is 4.62. The maximum Gasteiger partial charge on any atom is 0.0983 e. The second kappa shape index (κ2) is 5.94. The first-order valence-electron chi connectivity index (χ1n) is 6.48. The van der Waals surface area contributed by atoms with Crippen molar-refractivity contribution < 1.29 is 4.74 Å². The Hall–Kier alpha value is -0.450. The van der Waals surface area contributed by atoms with Crippen LogP contribution in [0.4, 0.5) is 0 Å². The summed E-state index contributed by atoms with van der Waals surface area (Å²) in [6.45, 7) is 6.13. The second-order valence-corrected chi connectivity index (χ2v) is 5.83. The first kappa shape index (κ1) is 13.0. The summed E-state index contributed by atoms with van der Waals surface area (Å²) in [6.07, 6.45) is 3.71. The fraction of sp³-hybridized carbons (Fsp3) is 0.769. The van der Waals surface area contributed by atoms with Crippen LogP contribution in [-0.2, 0) is 11.2 Å². The number of thiazole rings is 1. The van der Waals surface area contributed by atoms with Crippen LogP contribution in [0, 0.1) is 0 Å². The van der Waals surface area contributed by atoms with Gasteiger partial charge in [-0.3, -0.25) is 0 Å². The number of aromatic nitrogens is 1. The van der Waals surface area contributed by atoms with E-state index in [0.717, 1.165) is 13.2 Å². The van der Waals surface area contributed by atoms with Crippen molar-refractivity contribution >= 4 is 11.3 Å². The van der Waals surface area contributed by atoms with Gasteiger partial charge in [-0.2, -0.15) is 0 Å². The molecule has 0 saturated carbocycles. The van der Waals surface area contributed by atoms with E-state index >= 15 is 0 Å². The quantitative estimate of drug-likeness (QED) is 0.877. The van der Waals surface area contributed by atoms with Gasteiger partial charge in [0.2, 0.25) is 0 Å². The standard InChI is InChI=1S/C13H22N2OS/c1-4-14-10-6-5-7-11-12(10)15-13(17-11)9(2)8-16-3/h9-10,14H,4-8H2,1-3H3. The maximum atomic E-state index is 5.22. The molecule has 4 heteroatoms. The van der Waals surface area contributed by atoms with Crippen molar-refractivity contribution in [3.05, 3.63) is 15.6 Å². The first-order valence-corrected chi connectivity index (χ1v) is 7.29. The molecule has 2 rings (SSSR count). The Kier molecular flexibility index (Phi) is 4.54. The molecule has 3 nitrogen and oxygen atoms in total. The largest absolute Gasteiger partial charge is 0.384 e. The molecule has 0 bridgehead atoms. The maximum absolute atomic E-state index is 5.22. The van der Waals surface area contributed by atoms with Crippen LogP contribution in [-0.4, -0.2) is 25.2 Å². The van der Waals surface area contributed by atoms with Crippen LogP contribution in [0.25, 0.3) is 0 Å². The average Bonchev–Trinajstić information content (AvgIpc) is 2.75. The number of rotatable bonds is 5. The van der Waals surface area contributed by atoms with E-state index in [1.54, 1.807) is 7.11 Å². The Morgan fingerprint density at radius 3 is 3.12 bits per heavy atom. The predicted octanol–water partition coefficient (Wildman–Crippen LogP) is 2.88. The van der Waals surface area contributed by atoms with Gasteiger partial charge in [-0.1, -0.05) is 13.8 Å². The van der Waals surface area contributed by atoms with Crippen LogP contribution < -0.4 is 5.32 Å².